The van der Waals surface area contributed by atoms with Crippen molar-refractivity contribution in [3.05, 3.63) is 41.4 Å². The Morgan fingerprint density at radius 1 is 1.35 bits per heavy atom. The summed E-state index contributed by atoms with van der Waals surface area (Å²) in [6.07, 6.45) is 2.80. The van der Waals surface area contributed by atoms with Crippen molar-refractivity contribution in [2.24, 2.45) is 9.98 Å². The number of nitrogens with zero attached hydrogens (tertiary/aromatic N) is 2. The lowest BCUT2D eigenvalue weighted by molar-refractivity contribution is -0.112. The Kier molecular flexibility index (Phi) is 3.41. The second kappa shape index (κ2) is 5.36. The van der Waals surface area contributed by atoms with Gasteiger partial charge in [0.25, 0.3) is 0 Å². The molecule has 0 N–H and O–H groups in total. The quantitative estimate of drug-likeness (QED) is 0.848. The third-order valence-corrected chi connectivity index (χ3v) is 3.21. The fourth-order valence-electron chi connectivity index (χ4n) is 2.18. The van der Waals surface area contributed by atoms with Crippen LogP contribution in [0.15, 0.2) is 45.5 Å². The molecule has 5 heteroatoms. The molecule has 0 radical (unpaired) electrons. The summed E-state index contributed by atoms with van der Waals surface area (Å²) < 4.78 is 18.5. The molecule has 0 unspecified atom stereocenters. The summed E-state index contributed by atoms with van der Waals surface area (Å²) in [5.41, 5.74) is 2.21. The molecule has 0 aliphatic carbocycles. The van der Waals surface area contributed by atoms with E-state index in [1.54, 1.807) is 18.3 Å². The fourth-order valence-corrected chi connectivity index (χ4v) is 2.18. The van der Waals surface area contributed by atoms with Crippen molar-refractivity contribution in [1.29, 1.82) is 0 Å². The number of dihydropyridines is 1. The SMILES string of the molecule is O=C1CC2=C(CCN=C2)N=C1COc1cccc(F)c1. The van der Waals surface area contributed by atoms with E-state index in [0.29, 0.717) is 24.4 Å². The molecule has 0 saturated heterocycles. The minimum atomic E-state index is -0.368. The molecule has 2 aliphatic rings. The van der Waals surface area contributed by atoms with Gasteiger partial charge in [0.15, 0.2) is 5.78 Å². The van der Waals surface area contributed by atoms with Crippen molar-refractivity contribution in [3.63, 3.8) is 0 Å². The predicted octanol–water partition coefficient (Wildman–Crippen LogP) is 2.35. The van der Waals surface area contributed by atoms with Gasteiger partial charge in [-0.3, -0.25) is 14.8 Å². The summed E-state index contributed by atoms with van der Waals surface area (Å²) in [7, 11) is 0. The summed E-state index contributed by atoms with van der Waals surface area (Å²) >= 11 is 0. The number of Topliss-reactive ketones (excluding diaryl/α,β-unsaturated/α-hetero) is 1. The van der Waals surface area contributed by atoms with Gasteiger partial charge in [0.1, 0.15) is 23.9 Å². The first-order valence-electron chi connectivity index (χ1n) is 6.43. The van der Waals surface area contributed by atoms with E-state index in [-0.39, 0.29) is 18.2 Å². The maximum atomic E-state index is 13.0. The minimum Gasteiger partial charge on any atom is -0.487 e. The maximum Gasteiger partial charge on any atom is 0.185 e. The Balaban J connectivity index is 1.74. The topological polar surface area (TPSA) is 51.0 Å². The number of benzene rings is 1. The Labute approximate surface area is 115 Å². The summed E-state index contributed by atoms with van der Waals surface area (Å²) in [5.74, 6) is -0.0353. The first-order valence-corrected chi connectivity index (χ1v) is 6.43. The molecular formula is C15H13FN2O2. The molecule has 2 aliphatic heterocycles. The van der Waals surface area contributed by atoms with E-state index in [0.717, 1.165) is 17.7 Å². The lowest BCUT2D eigenvalue weighted by Crippen LogP contribution is -2.27. The van der Waals surface area contributed by atoms with Gasteiger partial charge in [0.05, 0.1) is 0 Å². The Hall–Kier alpha value is -2.30. The molecule has 0 aromatic heterocycles. The second-order valence-electron chi connectivity index (χ2n) is 4.66. The Bertz CT molecular complexity index is 647. The average molecular weight is 272 g/mol. The number of aliphatic imine (C=N–C) groups is 2. The van der Waals surface area contributed by atoms with Crippen LogP contribution in [0.2, 0.25) is 0 Å². The number of ketones is 1. The molecule has 0 atom stereocenters. The number of hydrogen-bond donors (Lipinski definition) is 0. The van der Waals surface area contributed by atoms with Crippen molar-refractivity contribution in [3.8, 4) is 5.75 Å². The lowest BCUT2D eigenvalue weighted by atomic mass is 9.98. The number of ether oxygens (including phenoxy) is 1. The van der Waals surface area contributed by atoms with Crippen LogP contribution in [0, 0.1) is 5.82 Å². The van der Waals surface area contributed by atoms with Gasteiger partial charge in [-0.05, 0) is 17.7 Å². The minimum absolute atomic E-state index is 0.0616. The van der Waals surface area contributed by atoms with Gasteiger partial charge in [-0.15, -0.1) is 0 Å². The van der Waals surface area contributed by atoms with Crippen molar-refractivity contribution >= 4 is 17.7 Å². The van der Waals surface area contributed by atoms with Gasteiger partial charge < -0.3 is 4.74 Å². The zero-order valence-electron chi connectivity index (χ0n) is 10.8. The zero-order valence-corrected chi connectivity index (χ0v) is 10.8. The van der Waals surface area contributed by atoms with Gasteiger partial charge in [-0.2, -0.15) is 0 Å². The molecule has 0 amide bonds. The summed E-state index contributed by atoms with van der Waals surface area (Å²) in [4.78, 5) is 20.5. The summed E-state index contributed by atoms with van der Waals surface area (Å²) in [6, 6.07) is 5.84. The molecule has 2 heterocycles. The lowest BCUT2D eigenvalue weighted by Gasteiger charge is -2.18. The summed E-state index contributed by atoms with van der Waals surface area (Å²) in [6.45, 7) is 0.769. The van der Waals surface area contributed by atoms with Crippen molar-refractivity contribution in [1.82, 2.24) is 0 Å². The number of hydrogen-bond acceptors (Lipinski definition) is 4. The second-order valence-corrected chi connectivity index (χ2v) is 4.66. The van der Waals surface area contributed by atoms with Crippen LogP contribution in [0.1, 0.15) is 12.8 Å². The standard InChI is InChI=1S/C15H13FN2O2/c16-11-2-1-3-12(7-11)20-9-14-15(19)6-10-8-17-5-4-13(10)18-14/h1-3,7-8H,4-6,9H2. The van der Waals surface area contributed by atoms with Crippen LogP contribution in [0.5, 0.6) is 5.75 Å². The fraction of sp³-hybridized carbons (Fsp3) is 0.267. The Morgan fingerprint density at radius 2 is 2.25 bits per heavy atom. The number of rotatable bonds is 3. The van der Waals surface area contributed by atoms with Crippen molar-refractivity contribution in [2.45, 2.75) is 12.8 Å². The molecule has 0 bridgehead atoms. The van der Waals surface area contributed by atoms with Crippen molar-refractivity contribution < 1.29 is 13.9 Å². The molecule has 20 heavy (non-hydrogen) atoms. The van der Waals surface area contributed by atoms with E-state index in [1.165, 1.54) is 12.1 Å². The van der Waals surface area contributed by atoms with Crippen LogP contribution in [0.25, 0.3) is 0 Å². The van der Waals surface area contributed by atoms with Gasteiger partial charge in [-0.25, -0.2) is 4.39 Å². The van der Waals surface area contributed by atoms with Crippen LogP contribution >= 0.6 is 0 Å². The van der Waals surface area contributed by atoms with E-state index in [4.69, 9.17) is 4.74 Å². The molecule has 0 saturated carbocycles. The van der Waals surface area contributed by atoms with Crippen LogP contribution in [0.3, 0.4) is 0 Å². The first-order chi connectivity index (χ1) is 9.72. The van der Waals surface area contributed by atoms with Crippen LogP contribution in [-0.2, 0) is 4.79 Å². The molecule has 0 fully saturated rings. The molecule has 1 aromatic carbocycles. The van der Waals surface area contributed by atoms with Crippen molar-refractivity contribution in [2.75, 3.05) is 13.2 Å². The van der Waals surface area contributed by atoms with Crippen LogP contribution in [0.4, 0.5) is 4.39 Å². The molecule has 0 spiro atoms. The normalized spacial score (nSPS) is 17.9. The monoisotopic (exact) mass is 272 g/mol. The highest BCUT2D eigenvalue weighted by Gasteiger charge is 2.23. The van der Waals surface area contributed by atoms with E-state index in [2.05, 4.69) is 9.98 Å². The summed E-state index contributed by atoms with van der Waals surface area (Å²) in [5, 5.41) is 0. The molecule has 4 nitrogen and oxygen atoms in total. The molecule has 1 aromatic rings. The number of carbonyl (C=O) groups excluding carboxylic acids is 1. The van der Waals surface area contributed by atoms with Crippen LogP contribution < -0.4 is 4.74 Å². The predicted molar refractivity (Wildman–Crippen MR) is 74.0 cm³/mol. The van der Waals surface area contributed by atoms with Crippen LogP contribution in [-0.4, -0.2) is 30.9 Å². The van der Waals surface area contributed by atoms with Gasteiger partial charge in [-0.1, -0.05) is 6.07 Å². The Morgan fingerprint density at radius 3 is 3.10 bits per heavy atom. The molecule has 102 valence electrons. The number of allylic oxidation sites excluding steroid dienone is 1. The van der Waals surface area contributed by atoms with Gasteiger partial charge in [0.2, 0.25) is 0 Å². The van der Waals surface area contributed by atoms with E-state index in [9.17, 15) is 9.18 Å². The molecular weight excluding hydrogens is 259 g/mol. The highest BCUT2D eigenvalue weighted by atomic mass is 19.1. The number of halogens is 1. The van der Waals surface area contributed by atoms with E-state index < -0.39 is 0 Å². The maximum absolute atomic E-state index is 13.0. The number of carbonyl (C=O) groups is 1. The van der Waals surface area contributed by atoms with Gasteiger partial charge >= 0.3 is 0 Å². The van der Waals surface area contributed by atoms with Gasteiger partial charge in [0, 0.05) is 37.4 Å². The first kappa shape index (κ1) is 12.7. The third-order valence-electron chi connectivity index (χ3n) is 3.21. The van der Waals surface area contributed by atoms with E-state index in [1.807, 2.05) is 0 Å². The van der Waals surface area contributed by atoms with E-state index >= 15 is 0 Å². The highest BCUT2D eigenvalue weighted by Crippen LogP contribution is 2.22. The largest absolute Gasteiger partial charge is 0.487 e. The zero-order chi connectivity index (χ0) is 13.9. The average Bonchev–Trinajstić information content (AvgIpc) is 2.45. The highest BCUT2D eigenvalue weighted by molar-refractivity contribution is 6.42. The molecule has 3 rings (SSSR count). The smallest absolute Gasteiger partial charge is 0.185 e. The third kappa shape index (κ3) is 2.66.